The standard InChI is InChI=1S/C3H8O3S/c1-3-7(4,5)6-2/h3H2,1-2H3. The largest absolute Gasteiger partial charge is 0.273 e. The minimum absolute atomic E-state index is 0.0451. The Morgan fingerprint density at radius 1 is 1.57 bits per heavy atom. The topological polar surface area (TPSA) is 43.4 Å². The second-order valence-corrected chi connectivity index (χ2v) is 3.04. The van der Waals surface area contributed by atoms with Gasteiger partial charge < -0.3 is 0 Å². The summed E-state index contributed by atoms with van der Waals surface area (Å²) in [5.74, 6) is 0.0451. The molecule has 0 saturated carbocycles. The molecule has 4 heteroatoms. The Hall–Kier alpha value is -0.0900. The van der Waals surface area contributed by atoms with Crippen LogP contribution >= 0.6 is 0 Å². The molecule has 0 heterocycles. The summed E-state index contributed by atoms with van der Waals surface area (Å²) in [5, 5.41) is 0. The van der Waals surface area contributed by atoms with E-state index < -0.39 is 10.1 Å². The van der Waals surface area contributed by atoms with Gasteiger partial charge in [-0.05, 0) is 6.92 Å². The van der Waals surface area contributed by atoms with Gasteiger partial charge >= 0.3 is 0 Å². The maximum atomic E-state index is 10.1. The fourth-order valence-electron chi connectivity index (χ4n) is 0.118. The number of hydrogen-bond donors (Lipinski definition) is 0. The molecule has 44 valence electrons. The monoisotopic (exact) mass is 124 g/mol. The van der Waals surface area contributed by atoms with Crippen LogP contribution in [0.5, 0.6) is 0 Å². The molecule has 0 atom stereocenters. The van der Waals surface area contributed by atoms with Crippen LogP contribution in [0, 0.1) is 0 Å². The van der Waals surface area contributed by atoms with E-state index in [4.69, 9.17) is 0 Å². The van der Waals surface area contributed by atoms with Crippen LogP contribution in [0.2, 0.25) is 0 Å². The number of rotatable bonds is 2. The highest BCUT2D eigenvalue weighted by Gasteiger charge is 2.00. The van der Waals surface area contributed by atoms with E-state index in [0.717, 1.165) is 7.11 Å². The first kappa shape index (κ1) is 6.91. The van der Waals surface area contributed by atoms with Gasteiger partial charge in [-0.1, -0.05) is 0 Å². The van der Waals surface area contributed by atoms with Crippen LogP contribution in [-0.2, 0) is 14.3 Å². The molecule has 0 spiro atoms. The van der Waals surface area contributed by atoms with Crippen LogP contribution in [0.25, 0.3) is 0 Å². The maximum Gasteiger partial charge on any atom is 0.266 e. The molecular weight excluding hydrogens is 116 g/mol. The van der Waals surface area contributed by atoms with E-state index in [1.807, 2.05) is 0 Å². The molecule has 0 fully saturated rings. The van der Waals surface area contributed by atoms with Gasteiger partial charge in [0.2, 0.25) is 0 Å². The Kier molecular flexibility index (Phi) is 2.25. The summed E-state index contributed by atoms with van der Waals surface area (Å²) in [7, 11) is -2.01. The van der Waals surface area contributed by atoms with E-state index >= 15 is 0 Å². The van der Waals surface area contributed by atoms with Crippen molar-refractivity contribution in [2.45, 2.75) is 6.92 Å². The van der Waals surface area contributed by atoms with E-state index in [-0.39, 0.29) is 5.75 Å². The lowest BCUT2D eigenvalue weighted by molar-refractivity contribution is 0.399. The van der Waals surface area contributed by atoms with E-state index in [1.54, 1.807) is 0 Å². The van der Waals surface area contributed by atoms with Gasteiger partial charge in [0.05, 0.1) is 12.9 Å². The number of hydrogen-bond acceptors (Lipinski definition) is 3. The summed E-state index contributed by atoms with van der Waals surface area (Å²) in [5.41, 5.74) is 0. The fourth-order valence-corrected chi connectivity index (χ4v) is 0.354. The molecule has 0 aliphatic rings. The lowest BCUT2D eigenvalue weighted by atomic mass is 11.0. The van der Waals surface area contributed by atoms with Crippen molar-refractivity contribution in [3.63, 3.8) is 0 Å². The van der Waals surface area contributed by atoms with E-state index in [0.29, 0.717) is 0 Å². The average molecular weight is 124 g/mol. The zero-order valence-electron chi connectivity index (χ0n) is 4.34. The summed E-state index contributed by atoms with van der Waals surface area (Å²) in [6.07, 6.45) is 0. The fraction of sp³-hybridized carbons (Fsp3) is 1.00. The lowest BCUT2D eigenvalue weighted by Crippen LogP contribution is -2.03. The first-order valence-corrected chi connectivity index (χ1v) is 3.48. The van der Waals surface area contributed by atoms with Gasteiger partial charge in [0.25, 0.3) is 10.1 Å². The van der Waals surface area contributed by atoms with Crippen molar-refractivity contribution in [2.24, 2.45) is 0 Å². The van der Waals surface area contributed by atoms with Gasteiger partial charge in [0, 0.05) is 0 Å². The molecular formula is C3H8O3S. The highest BCUT2D eigenvalue weighted by Crippen LogP contribution is 1.85. The van der Waals surface area contributed by atoms with Crippen LogP contribution in [0.4, 0.5) is 0 Å². The summed E-state index contributed by atoms with van der Waals surface area (Å²) in [4.78, 5) is 0. The molecule has 0 bridgehead atoms. The van der Waals surface area contributed by atoms with Crippen molar-refractivity contribution >= 4 is 10.1 Å². The first-order valence-electron chi connectivity index (χ1n) is 1.90. The third kappa shape index (κ3) is 2.59. The molecule has 0 N–H and O–H groups in total. The summed E-state index contributed by atoms with van der Waals surface area (Å²) >= 11 is 0. The van der Waals surface area contributed by atoms with Crippen molar-refractivity contribution in [3.8, 4) is 0 Å². The predicted octanol–water partition coefficient (Wildman–Crippen LogP) is -0.0175. The molecule has 0 radical (unpaired) electrons. The van der Waals surface area contributed by atoms with Gasteiger partial charge in [0.15, 0.2) is 0 Å². The Morgan fingerprint density at radius 2 is 2.00 bits per heavy atom. The molecule has 0 aromatic rings. The zero-order valence-corrected chi connectivity index (χ0v) is 5.16. The molecule has 0 aromatic heterocycles. The first-order chi connectivity index (χ1) is 3.12. The lowest BCUT2D eigenvalue weighted by Gasteiger charge is -1.90. The van der Waals surface area contributed by atoms with Crippen molar-refractivity contribution in [1.82, 2.24) is 0 Å². The van der Waals surface area contributed by atoms with Crippen molar-refractivity contribution in [3.05, 3.63) is 0 Å². The van der Waals surface area contributed by atoms with Crippen molar-refractivity contribution in [2.75, 3.05) is 12.9 Å². The van der Waals surface area contributed by atoms with Gasteiger partial charge in [-0.3, -0.25) is 4.18 Å². The van der Waals surface area contributed by atoms with Gasteiger partial charge in [-0.25, -0.2) is 0 Å². The second kappa shape index (κ2) is 2.28. The molecule has 0 aliphatic carbocycles. The second-order valence-electron chi connectivity index (χ2n) is 1.01. The quantitative estimate of drug-likeness (QED) is 0.486. The zero-order chi connectivity index (χ0) is 5.91. The average Bonchev–Trinajstić information content (AvgIpc) is 1.68. The molecule has 0 aromatic carbocycles. The van der Waals surface area contributed by atoms with Crippen LogP contribution in [0.15, 0.2) is 0 Å². The van der Waals surface area contributed by atoms with Crippen LogP contribution in [0.1, 0.15) is 6.92 Å². The SMILES string of the molecule is CCS(=O)(=O)OC. The summed E-state index contributed by atoms with van der Waals surface area (Å²) in [6, 6.07) is 0. The molecule has 0 amide bonds. The van der Waals surface area contributed by atoms with E-state index in [1.165, 1.54) is 6.92 Å². The molecule has 0 aliphatic heterocycles. The van der Waals surface area contributed by atoms with Crippen molar-refractivity contribution in [1.29, 1.82) is 0 Å². The van der Waals surface area contributed by atoms with Crippen LogP contribution in [-0.4, -0.2) is 21.3 Å². The minimum Gasteiger partial charge on any atom is -0.273 e. The normalized spacial score (nSPS) is 11.7. The Morgan fingerprint density at radius 3 is 2.00 bits per heavy atom. The molecule has 0 rings (SSSR count). The summed E-state index contributed by atoms with van der Waals surface area (Å²) in [6.45, 7) is 1.53. The summed E-state index contributed by atoms with van der Waals surface area (Å²) < 4.78 is 24.4. The molecule has 7 heavy (non-hydrogen) atoms. The van der Waals surface area contributed by atoms with Crippen LogP contribution < -0.4 is 0 Å². The third-order valence-electron chi connectivity index (χ3n) is 0.607. The third-order valence-corrected chi connectivity index (χ3v) is 1.82. The molecule has 3 nitrogen and oxygen atoms in total. The Bertz CT molecular complexity index is 113. The van der Waals surface area contributed by atoms with Crippen LogP contribution in [0.3, 0.4) is 0 Å². The van der Waals surface area contributed by atoms with Gasteiger partial charge in [0.1, 0.15) is 0 Å². The predicted molar refractivity (Wildman–Crippen MR) is 26.5 cm³/mol. The highest BCUT2D eigenvalue weighted by atomic mass is 32.2. The Balaban J connectivity index is 3.89. The maximum absolute atomic E-state index is 10.1. The highest BCUT2D eigenvalue weighted by molar-refractivity contribution is 7.86. The Labute approximate surface area is 43.4 Å². The van der Waals surface area contributed by atoms with Gasteiger partial charge in [-0.2, -0.15) is 8.42 Å². The molecule has 0 unspecified atom stereocenters. The minimum atomic E-state index is -3.16. The van der Waals surface area contributed by atoms with E-state index in [2.05, 4.69) is 4.18 Å². The molecule has 0 saturated heterocycles. The van der Waals surface area contributed by atoms with Crippen molar-refractivity contribution < 1.29 is 12.6 Å². The smallest absolute Gasteiger partial charge is 0.266 e. The van der Waals surface area contributed by atoms with E-state index in [9.17, 15) is 8.42 Å². The van der Waals surface area contributed by atoms with Gasteiger partial charge in [-0.15, -0.1) is 0 Å².